The van der Waals surface area contributed by atoms with E-state index in [-0.39, 0.29) is 49.2 Å². The van der Waals surface area contributed by atoms with Crippen molar-refractivity contribution in [2.75, 3.05) is 0 Å². The van der Waals surface area contributed by atoms with Gasteiger partial charge in [-0.25, -0.2) is 0 Å². The molecule has 0 amide bonds. The zero-order chi connectivity index (χ0) is 2.00. The normalized spacial score (nSPS) is 0.571. The number of hydrogen-bond donors (Lipinski definition) is 0. The Morgan fingerprint density at radius 1 is 0.714 bits per heavy atom. The van der Waals surface area contributed by atoms with E-state index < -0.39 is 0 Å². The summed E-state index contributed by atoms with van der Waals surface area (Å²) in [5, 5.41) is 0. The van der Waals surface area contributed by atoms with E-state index in [2.05, 4.69) is 6.79 Å². The zero-order valence-corrected chi connectivity index (χ0v) is 7.00. The molecule has 0 atom stereocenters. The summed E-state index contributed by atoms with van der Waals surface area (Å²) in [5.41, 5.74) is 0. The predicted molar refractivity (Wildman–Crippen MR) is 31.3 cm³/mol. The van der Waals surface area contributed by atoms with Crippen molar-refractivity contribution in [2.45, 2.75) is 0 Å². The second-order valence-corrected chi connectivity index (χ2v) is 0. The molecule has 0 aromatic rings. The second-order valence-electron chi connectivity index (χ2n) is 0. The Hall–Kier alpha value is 0.293. The quantitative estimate of drug-likeness (QED) is 0.416. The molecular weight excluding hydrogens is 177 g/mol. The van der Waals surface area contributed by atoms with Gasteiger partial charge in [0.15, 0.2) is 0 Å². The van der Waals surface area contributed by atoms with Gasteiger partial charge in [0.25, 0.3) is 0 Å². The Balaban J connectivity index is -0.000000000500. The molecular formula is C5H12ORu. The van der Waals surface area contributed by atoms with E-state index in [0.29, 0.717) is 0 Å². The maximum Gasteiger partial charge on any atom is 5.00 e. The molecule has 0 bridgehead atoms. The van der Waals surface area contributed by atoms with Crippen LogP contribution in [0.2, 0.25) is 0 Å². The Labute approximate surface area is 61.3 Å². The third-order valence-electron chi connectivity index (χ3n) is 0. The van der Waals surface area contributed by atoms with Crippen molar-refractivity contribution in [3.63, 3.8) is 0 Å². The Morgan fingerprint density at radius 3 is 0.714 bits per heavy atom. The molecule has 0 saturated carbocycles. The molecule has 0 saturated heterocycles. The molecule has 2 heteroatoms. The van der Waals surface area contributed by atoms with Crippen LogP contribution in [0.5, 0.6) is 0 Å². The molecule has 0 spiro atoms. The zero-order valence-electron chi connectivity index (χ0n) is 5.26. The summed E-state index contributed by atoms with van der Waals surface area (Å²) in [5.74, 6) is 0. The summed E-state index contributed by atoms with van der Waals surface area (Å²) in [4.78, 5) is 7.50. The van der Waals surface area contributed by atoms with Gasteiger partial charge in [-0.15, -0.1) is 0 Å². The second kappa shape index (κ2) is 2050. The van der Waals surface area contributed by atoms with Crippen molar-refractivity contribution in [2.24, 2.45) is 0 Å². The maximum absolute atomic E-state index is 7.50. The first-order chi connectivity index (χ1) is 1.00. The van der Waals surface area contributed by atoms with Crippen LogP contribution in [0.3, 0.4) is 0 Å². The SMILES string of the molecule is [C-]=O.[CH3-].[CH3-].[CH3-].[CH3-].[Ru+5]. The van der Waals surface area contributed by atoms with E-state index in [1.54, 1.807) is 0 Å². The standard InChI is InChI=1S/CO.4CH3.Ru/c1-2;;;;;/h;4*1H3;/q5*-1;+5. The average Bonchev–Trinajstić information content (AvgIpc) is 1.00. The van der Waals surface area contributed by atoms with Crippen LogP contribution in [0.1, 0.15) is 0 Å². The average molecular weight is 189 g/mol. The number of hydrogen-bond acceptors (Lipinski definition) is 1. The molecule has 1 nitrogen and oxygen atoms in total. The van der Waals surface area contributed by atoms with Crippen LogP contribution < -0.4 is 0 Å². The molecule has 46 valence electrons. The van der Waals surface area contributed by atoms with Gasteiger partial charge in [0.1, 0.15) is 0 Å². The van der Waals surface area contributed by atoms with Gasteiger partial charge in [-0.2, -0.15) is 0 Å². The Bertz CT molecular complexity index is 8.04. The van der Waals surface area contributed by atoms with E-state index in [9.17, 15) is 0 Å². The van der Waals surface area contributed by atoms with Crippen LogP contribution in [0, 0.1) is 29.7 Å². The van der Waals surface area contributed by atoms with Gasteiger partial charge in [0.2, 0.25) is 0 Å². The first-order valence-corrected chi connectivity index (χ1v) is 0.204. The summed E-state index contributed by atoms with van der Waals surface area (Å²) in [6.07, 6.45) is 0. The molecule has 2 radical (unpaired) electrons. The minimum atomic E-state index is 0. The molecule has 0 aliphatic rings. The molecule has 0 N–H and O–H groups in total. The monoisotopic (exact) mass is 190 g/mol. The van der Waals surface area contributed by atoms with E-state index >= 15 is 0 Å². The van der Waals surface area contributed by atoms with Crippen LogP contribution >= 0.6 is 0 Å². The fourth-order valence-corrected chi connectivity index (χ4v) is 0. The van der Waals surface area contributed by atoms with E-state index in [1.807, 2.05) is 0 Å². The topological polar surface area (TPSA) is 17.1 Å². The minimum absolute atomic E-state index is 0. The number of rotatable bonds is 0. The summed E-state index contributed by atoms with van der Waals surface area (Å²) < 4.78 is 0. The van der Waals surface area contributed by atoms with E-state index in [1.165, 1.54) is 0 Å². The molecule has 0 aromatic heterocycles. The summed E-state index contributed by atoms with van der Waals surface area (Å²) in [6.45, 7) is 4.50. The van der Waals surface area contributed by atoms with Crippen LogP contribution in [0.25, 0.3) is 0 Å². The van der Waals surface area contributed by atoms with Gasteiger partial charge < -0.3 is 41.3 Å². The van der Waals surface area contributed by atoms with Gasteiger partial charge in [0.05, 0.1) is 0 Å². The molecule has 0 heterocycles. The van der Waals surface area contributed by atoms with E-state index in [0.717, 1.165) is 0 Å². The molecule has 0 rings (SSSR count). The fourth-order valence-electron chi connectivity index (χ4n) is 0. The maximum atomic E-state index is 7.50. The van der Waals surface area contributed by atoms with Crippen molar-refractivity contribution >= 4 is 6.79 Å². The molecule has 0 fully saturated rings. The molecule has 0 aliphatic heterocycles. The third-order valence-corrected chi connectivity index (χ3v) is 0. The third kappa shape index (κ3) is 1350. The largest absolute Gasteiger partial charge is 5.00 e. The molecule has 0 unspecified atom stereocenters. The van der Waals surface area contributed by atoms with Gasteiger partial charge in [-0.1, -0.05) is 0 Å². The molecule has 0 aromatic carbocycles. The van der Waals surface area contributed by atoms with Gasteiger partial charge >= 0.3 is 19.5 Å². The summed E-state index contributed by atoms with van der Waals surface area (Å²) in [6, 6.07) is 0. The van der Waals surface area contributed by atoms with Crippen LogP contribution in [0.15, 0.2) is 0 Å². The molecule has 7 heavy (non-hydrogen) atoms. The van der Waals surface area contributed by atoms with Crippen molar-refractivity contribution in [1.82, 2.24) is 0 Å². The fraction of sp³-hybridized carbons (Fsp3) is 0. The summed E-state index contributed by atoms with van der Waals surface area (Å²) >= 11 is 0. The van der Waals surface area contributed by atoms with Gasteiger partial charge in [0, 0.05) is 0 Å². The van der Waals surface area contributed by atoms with Crippen molar-refractivity contribution in [1.29, 1.82) is 0 Å². The Kier molecular flexibility index (Phi) is 50500. The van der Waals surface area contributed by atoms with Crippen molar-refractivity contribution < 1.29 is 24.3 Å². The summed E-state index contributed by atoms with van der Waals surface area (Å²) in [7, 11) is 0. The van der Waals surface area contributed by atoms with Crippen LogP contribution in [-0.4, -0.2) is 6.79 Å². The van der Waals surface area contributed by atoms with Gasteiger partial charge in [-0.3, -0.25) is 0 Å². The smallest absolute Gasteiger partial charge is 0.573 e. The first-order valence-electron chi connectivity index (χ1n) is 0.204. The van der Waals surface area contributed by atoms with Crippen molar-refractivity contribution in [3.05, 3.63) is 29.7 Å². The predicted octanol–water partition coefficient (Wildman–Crippen LogP) is 1.40. The van der Waals surface area contributed by atoms with Crippen molar-refractivity contribution in [3.8, 4) is 0 Å². The Morgan fingerprint density at radius 2 is 0.714 bits per heavy atom. The number of carbonyl (C=O) groups excluding carboxylic acids is 1. The first kappa shape index (κ1) is 173. The van der Waals surface area contributed by atoms with E-state index in [4.69, 9.17) is 4.79 Å². The van der Waals surface area contributed by atoms with Crippen LogP contribution in [-0.2, 0) is 24.3 Å². The van der Waals surface area contributed by atoms with Gasteiger partial charge in [-0.05, 0) is 0 Å². The minimum Gasteiger partial charge on any atom is -0.573 e. The molecule has 0 aliphatic carbocycles. The van der Waals surface area contributed by atoms with Crippen LogP contribution in [0.4, 0.5) is 0 Å².